The molecule has 110 valence electrons. The molecule has 0 aliphatic carbocycles. The average molecular weight is 306 g/mol. The summed E-state index contributed by atoms with van der Waals surface area (Å²) in [6, 6.07) is 1.66. The number of fused-ring (bicyclic) bond motifs is 1. The molecule has 0 atom stereocenters. The Bertz CT molecular complexity index is 669. The van der Waals surface area contributed by atoms with Crippen molar-refractivity contribution in [1.29, 1.82) is 0 Å². The van der Waals surface area contributed by atoms with Crippen LogP contribution in [0.2, 0.25) is 5.02 Å². The Morgan fingerprint density at radius 3 is 3.05 bits per heavy atom. The number of anilines is 1. The van der Waals surface area contributed by atoms with Crippen LogP contribution in [0.25, 0.3) is 0 Å². The van der Waals surface area contributed by atoms with Gasteiger partial charge in [0, 0.05) is 38.2 Å². The molecule has 0 fully saturated rings. The van der Waals surface area contributed by atoms with Crippen molar-refractivity contribution in [3.63, 3.8) is 0 Å². The number of amides is 1. The molecule has 0 radical (unpaired) electrons. The van der Waals surface area contributed by atoms with E-state index in [0.717, 1.165) is 18.9 Å². The van der Waals surface area contributed by atoms with Crippen LogP contribution in [-0.4, -0.2) is 38.4 Å². The first-order valence-electron chi connectivity index (χ1n) is 6.87. The Morgan fingerprint density at radius 2 is 2.29 bits per heavy atom. The molecule has 0 spiro atoms. The zero-order valence-electron chi connectivity index (χ0n) is 11.7. The van der Waals surface area contributed by atoms with Gasteiger partial charge in [-0.2, -0.15) is 0 Å². The number of nitrogens with one attached hydrogen (secondary N) is 1. The largest absolute Gasteiger partial charge is 0.369 e. The molecule has 2 aromatic heterocycles. The number of nitrogens with zero attached hydrogens (tertiary/aromatic N) is 4. The van der Waals surface area contributed by atoms with Crippen molar-refractivity contribution in [2.75, 3.05) is 18.4 Å². The predicted octanol–water partition coefficient (Wildman–Crippen LogP) is 2.02. The van der Waals surface area contributed by atoms with E-state index in [9.17, 15) is 4.79 Å². The molecule has 21 heavy (non-hydrogen) atoms. The van der Waals surface area contributed by atoms with Gasteiger partial charge in [0.2, 0.25) is 0 Å². The van der Waals surface area contributed by atoms with Crippen LogP contribution in [0.1, 0.15) is 23.1 Å². The first kappa shape index (κ1) is 13.9. The lowest BCUT2D eigenvalue weighted by Gasteiger charge is -2.27. The molecule has 0 bridgehead atoms. The zero-order chi connectivity index (χ0) is 14.8. The summed E-state index contributed by atoms with van der Waals surface area (Å²) in [6.07, 6.45) is 5.25. The van der Waals surface area contributed by atoms with Gasteiger partial charge in [0.15, 0.2) is 0 Å². The second-order valence-corrected chi connectivity index (χ2v) is 5.26. The highest BCUT2D eigenvalue weighted by Gasteiger charge is 2.23. The van der Waals surface area contributed by atoms with Crippen molar-refractivity contribution in [1.82, 2.24) is 19.4 Å². The van der Waals surface area contributed by atoms with Crippen molar-refractivity contribution in [3.05, 3.63) is 41.1 Å². The van der Waals surface area contributed by atoms with E-state index in [1.165, 1.54) is 0 Å². The maximum Gasteiger partial charge on any atom is 0.255 e. The predicted molar refractivity (Wildman–Crippen MR) is 80.4 cm³/mol. The van der Waals surface area contributed by atoms with E-state index in [4.69, 9.17) is 11.6 Å². The van der Waals surface area contributed by atoms with Crippen LogP contribution in [0.5, 0.6) is 0 Å². The molecular formula is C14H16ClN5O. The first-order chi connectivity index (χ1) is 10.2. The summed E-state index contributed by atoms with van der Waals surface area (Å²) in [5.41, 5.74) is 0.502. The zero-order valence-corrected chi connectivity index (χ0v) is 12.5. The van der Waals surface area contributed by atoms with Crippen molar-refractivity contribution < 1.29 is 4.79 Å². The van der Waals surface area contributed by atoms with Gasteiger partial charge >= 0.3 is 0 Å². The third-order valence-corrected chi connectivity index (χ3v) is 3.75. The second-order valence-electron chi connectivity index (χ2n) is 4.85. The monoisotopic (exact) mass is 305 g/mol. The Balaban J connectivity index is 1.78. The Labute approximate surface area is 127 Å². The van der Waals surface area contributed by atoms with E-state index in [1.54, 1.807) is 23.4 Å². The van der Waals surface area contributed by atoms with E-state index < -0.39 is 0 Å². The lowest BCUT2D eigenvalue weighted by molar-refractivity contribution is 0.0707. The van der Waals surface area contributed by atoms with Gasteiger partial charge in [-0.15, -0.1) is 0 Å². The highest BCUT2D eigenvalue weighted by molar-refractivity contribution is 6.33. The number of aromatic nitrogens is 3. The van der Waals surface area contributed by atoms with E-state index >= 15 is 0 Å². The van der Waals surface area contributed by atoms with Gasteiger partial charge < -0.3 is 14.8 Å². The summed E-state index contributed by atoms with van der Waals surface area (Å²) in [5.74, 6) is 1.43. The minimum Gasteiger partial charge on any atom is -0.369 e. The van der Waals surface area contributed by atoms with E-state index in [0.29, 0.717) is 29.5 Å². The first-order valence-corrected chi connectivity index (χ1v) is 7.25. The summed E-state index contributed by atoms with van der Waals surface area (Å²) in [5, 5.41) is 3.51. The van der Waals surface area contributed by atoms with Gasteiger partial charge in [-0.1, -0.05) is 11.6 Å². The second kappa shape index (κ2) is 5.73. The fraction of sp³-hybridized carbons (Fsp3) is 0.357. The SMILES string of the molecule is CCNc1ncc(C(=O)N2CCn3ccnc3C2)cc1Cl. The summed E-state index contributed by atoms with van der Waals surface area (Å²) < 4.78 is 2.06. The normalized spacial score (nSPS) is 13.9. The third-order valence-electron chi connectivity index (χ3n) is 3.46. The highest BCUT2D eigenvalue weighted by atomic mass is 35.5. The molecule has 3 heterocycles. The van der Waals surface area contributed by atoms with E-state index in [-0.39, 0.29) is 5.91 Å². The topological polar surface area (TPSA) is 63.1 Å². The number of carbonyl (C=O) groups excluding carboxylic acids is 1. The highest BCUT2D eigenvalue weighted by Crippen LogP contribution is 2.21. The number of carbonyl (C=O) groups is 1. The van der Waals surface area contributed by atoms with Gasteiger partial charge in [-0.3, -0.25) is 4.79 Å². The van der Waals surface area contributed by atoms with Crippen LogP contribution >= 0.6 is 11.6 Å². The summed E-state index contributed by atoms with van der Waals surface area (Å²) in [7, 11) is 0. The van der Waals surface area contributed by atoms with Crippen LogP contribution in [0.4, 0.5) is 5.82 Å². The summed E-state index contributed by atoms with van der Waals surface area (Å²) in [4.78, 5) is 22.8. The van der Waals surface area contributed by atoms with Crippen molar-refractivity contribution in [2.45, 2.75) is 20.0 Å². The average Bonchev–Trinajstić information content (AvgIpc) is 2.96. The molecule has 0 aromatic carbocycles. The number of imidazole rings is 1. The van der Waals surface area contributed by atoms with Gasteiger partial charge in [-0.05, 0) is 13.0 Å². The maximum absolute atomic E-state index is 12.5. The molecule has 7 heteroatoms. The molecule has 1 aliphatic heterocycles. The van der Waals surface area contributed by atoms with Crippen molar-refractivity contribution >= 4 is 23.3 Å². The smallest absolute Gasteiger partial charge is 0.255 e. The quantitative estimate of drug-likeness (QED) is 0.942. The fourth-order valence-corrected chi connectivity index (χ4v) is 2.61. The van der Waals surface area contributed by atoms with Crippen LogP contribution in [-0.2, 0) is 13.1 Å². The molecule has 0 saturated carbocycles. The number of hydrogen-bond acceptors (Lipinski definition) is 4. The number of hydrogen-bond donors (Lipinski definition) is 1. The van der Waals surface area contributed by atoms with Gasteiger partial charge in [-0.25, -0.2) is 9.97 Å². The maximum atomic E-state index is 12.5. The molecule has 1 N–H and O–H groups in total. The minimum atomic E-state index is -0.0679. The number of halogens is 1. The third kappa shape index (κ3) is 2.71. The van der Waals surface area contributed by atoms with Crippen LogP contribution in [0.3, 0.4) is 0 Å². The minimum absolute atomic E-state index is 0.0679. The Hall–Kier alpha value is -2.08. The van der Waals surface area contributed by atoms with E-state index in [2.05, 4.69) is 19.9 Å². The number of pyridine rings is 1. The molecule has 1 amide bonds. The van der Waals surface area contributed by atoms with Crippen LogP contribution in [0, 0.1) is 0 Å². The summed E-state index contributed by atoms with van der Waals surface area (Å²) in [6.45, 7) is 4.63. The molecule has 3 rings (SSSR count). The number of rotatable bonds is 3. The van der Waals surface area contributed by atoms with Crippen LogP contribution < -0.4 is 5.32 Å². The summed E-state index contributed by atoms with van der Waals surface area (Å²) >= 11 is 6.14. The van der Waals surface area contributed by atoms with Crippen LogP contribution in [0.15, 0.2) is 24.7 Å². The van der Waals surface area contributed by atoms with Crippen molar-refractivity contribution in [2.24, 2.45) is 0 Å². The lowest BCUT2D eigenvalue weighted by Crippen LogP contribution is -2.38. The standard InChI is InChI=1S/C14H16ClN5O/c1-2-16-13-11(15)7-10(8-18-13)14(21)20-6-5-19-4-3-17-12(19)9-20/h3-4,7-8H,2,5-6,9H2,1H3,(H,16,18). The fourth-order valence-electron chi connectivity index (χ4n) is 2.38. The van der Waals surface area contributed by atoms with Gasteiger partial charge in [0.25, 0.3) is 5.91 Å². The molecule has 1 aliphatic rings. The van der Waals surface area contributed by atoms with E-state index in [1.807, 2.05) is 13.1 Å². The van der Waals surface area contributed by atoms with Gasteiger partial charge in [0.1, 0.15) is 11.6 Å². The lowest BCUT2D eigenvalue weighted by atomic mass is 10.2. The molecular weight excluding hydrogens is 290 g/mol. The molecule has 0 saturated heterocycles. The molecule has 6 nitrogen and oxygen atoms in total. The van der Waals surface area contributed by atoms with Crippen molar-refractivity contribution in [3.8, 4) is 0 Å². The molecule has 2 aromatic rings. The molecule has 0 unspecified atom stereocenters. The van der Waals surface area contributed by atoms with Gasteiger partial charge in [0.05, 0.1) is 17.1 Å². The Morgan fingerprint density at radius 1 is 1.43 bits per heavy atom. The Kier molecular flexibility index (Phi) is 3.79.